The minimum absolute atomic E-state index is 0.0804. The second kappa shape index (κ2) is 4.18. The van der Waals surface area contributed by atoms with Crippen LogP contribution in [0.25, 0.3) is 10.8 Å². The van der Waals surface area contributed by atoms with Crippen LogP contribution >= 0.6 is 0 Å². The fourth-order valence-corrected chi connectivity index (χ4v) is 2.82. The highest BCUT2D eigenvalue weighted by Gasteiger charge is 2.37. The van der Waals surface area contributed by atoms with E-state index in [1.54, 1.807) is 12.4 Å². The number of fused-ring (bicyclic) bond motifs is 1. The van der Waals surface area contributed by atoms with Crippen LogP contribution in [0.2, 0.25) is 0 Å². The van der Waals surface area contributed by atoms with Gasteiger partial charge in [0.2, 0.25) is 0 Å². The van der Waals surface area contributed by atoms with E-state index in [1.165, 1.54) is 0 Å². The molecule has 0 unspecified atom stereocenters. The highest BCUT2D eigenvalue weighted by atomic mass is 16.1. The van der Waals surface area contributed by atoms with Crippen LogP contribution in [0.1, 0.15) is 36.0 Å². The Bertz CT molecular complexity index is 595. The van der Waals surface area contributed by atoms with Crippen molar-refractivity contribution in [2.24, 2.45) is 5.73 Å². The molecule has 1 aromatic heterocycles. The summed E-state index contributed by atoms with van der Waals surface area (Å²) >= 11 is 0. The zero-order valence-electron chi connectivity index (χ0n) is 10.2. The number of aromatic nitrogens is 1. The number of ketones is 1. The molecule has 1 heterocycles. The summed E-state index contributed by atoms with van der Waals surface area (Å²) in [4.78, 5) is 16.7. The van der Waals surface area contributed by atoms with Gasteiger partial charge in [-0.3, -0.25) is 9.78 Å². The summed E-state index contributed by atoms with van der Waals surface area (Å²) in [6.07, 6.45) is 7.20. The second-order valence-corrected chi connectivity index (χ2v) is 5.09. The molecule has 3 rings (SSSR count). The van der Waals surface area contributed by atoms with Crippen LogP contribution in [0.3, 0.4) is 0 Å². The lowest BCUT2D eigenvalue weighted by Crippen LogP contribution is -2.45. The summed E-state index contributed by atoms with van der Waals surface area (Å²) in [6.45, 7) is 0. The summed E-state index contributed by atoms with van der Waals surface area (Å²) < 4.78 is 0. The SMILES string of the molecule is NC1(C(=O)c2cccc3cnccc23)CCCC1. The topological polar surface area (TPSA) is 56.0 Å². The fourth-order valence-electron chi connectivity index (χ4n) is 2.82. The summed E-state index contributed by atoms with van der Waals surface area (Å²) in [7, 11) is 0. The van der Waals surface area contributed by atoms with Gasteiger partial charge in [0.1, 0.15) is 0 Å². The van der Waals surface area contributed by atoms with Gasteiger partial charge in [-0.1, -0.05) is 31.0 Å². The van der Waals surface area contributed by atoms with Crippen LogP contribution in [0.5, 0.6) is 0 Å². The lowest BCUT2D eigenvalue weighted by Gasteiger charge is -2.22. The third-order valence-electron chi connectivity index (χ3n) is 3.87. The number of hydrogen-bond acceptors (Lipinski definition) is 3. The van der Waals surface area contributed by atoms with Crippen molar-refractivity contribution in [2.75, 3.05) is 0 Å². The van der Waals surface area contributed by atoms with E-state index in [1.807, 2.05) is 24.3 Å². The molecule has 3 heteroatoms. The minimum atomic E-state index is -0.655. The molecule has 1 aliphatic carbocycles. The summed E-state index contributed by atoms with van der Waals surface area (Å²) in [5.41, 5.74) is 6.34. The third kappa shape index (κ3) is 1.71. The fraction of sp³-hybridized carbons (Fsp3) is 0.333. The maximum absolute atomic E-state index is 12.6. The van der Waals surface area contributed by atoms with E-state index in [2.05, 4.69) is 4.98 Å². The van der Waals surface area contributed by atoms with E-state index in [-0.39, 0.29) is 5.78 Å². The van der Waals surface area contributed by atoms with Crippen LogP contribution in [0.15, 0.2) is 36.7 Å². The number of pyridine rings is 1. The molecule has 1 aliphatic rings. The number of benzene rings is 1. The number of carbonyl (C=O) groups excluding carboxylic acids is 1. The van der Waals surface area contributed by atoms with Crippen molar-refractivity contribution < 1.29 is 4.79 Å². The van der Waals surface area contributed by atoms with E-state index in [0.29, 0.717) is 0 Å². The molecule has 0 radical (unpaired) electrons. The molecule has 0 atom stereocenters. The van der Waals surface area contributed by atoms with Crippen LogP contribution < -0.4 is 5.73 Å². The van der Waals surface area contributed by atoms with E-state index in [0.717, 1.165) is 42.0 Å². The highest BCUT2D eigenvalue weighted by Crippen LogP contribution is 2.32. The molecule has 0 aliphatic heterocycles. The van der Waals surface area contributed by atoms with Gasteiger partial charge in [0.05, 0.1) is 5.54 Å². The van der Waals surface area contributed by atoms with Gasteiger partial charge in [0.25, 0.3) is 0 Å². The molecule has 0 amide bonds. The average molecular weight is 240 g/mol. The lowest BCUT2D eigenvalue weighted by molar-refractivity contribution is 0.0894. The maximum atomic E-state index is 12.6. The van der Waals surface area contributed by atoms with Gasteiger partial charge in [-0.15, -0.1) is 0 Å². The number of nitrogens with two attached hydrogens (primary N) is 1. The quantitative estimate of drug-likeness (QED) is 0.821. The Morgan fingerprint density at radius 3 is 2.78 bits per heavy atom. The van der Waals surface area contributed by atoms with Crippen LogP contribution in [-0.4, -0.2) is 16.3 Å². The van der Waals surface area contributed by atoms with Crippen molar-refractivity contribution in [3.63, 3.8) is 0 Å². The van der Waals surface area contributed by atoms with Crippen molar-refractivity contribution in [2.45, 2.75) is 31.2 Å². The molecule has 2 N–H and O–H groups in total. The first-order chi connectivity index (χ1) is 8.71. The van der Waals surface area contributed by atoms with Gasteiger partial charge in [0, 0.05) is 23.3 Å². The minimum Gasteiger partial charge on any atom is -0.319 e. The second-order valence-electron chi connectivity index (χ2n) is 5.09. The highest BCUT2D eigenvalue weighted by molar-refractivity contribution is 6.12. The first-order valence-electron chi connectivity index (χ1n) is 6.37. The van der Waals surface area contributed by atoms with Crippen molar-refractivity contribution in [3.8, 4) is 0 Å². The van der Waals surface area contributed by atoms with Crippen LogP contribution in [0.4, 0.5) is 0 Å². The number of nitrogens with zero attached hydrogens (tertiary/aromatic N) is 1. The zero-order valence-corrected chi connectivity index (χ0v) is 10.2. The Morgan fingerprint density at radius 1 is 1.22 bits per heavy atom. The Hall–Kier alpha value is -1.74. The average Bonchev–Trinajstić information content (AvgIpc) is 2.85. The lowest BCUT2D eigenvalue weighted by atomic mass is 9.87. The van der Waals surface area contributed by atoms with Gasteiger partial charge in [-0.2, -0.15) is 0 Å². The molecule has 1 saturated carbocycles. The molecule has 2 aromatic rings. The molecule has 0 saturated heterocycles. The Morgan fingerprint density at radius 2 is 2.00 bits per heavy atom. The summed E-state index contributed by atoms with van der Waals surface area (Å²) in [6, 6.07) is 7.63. The Kier molecular flexibility index (Phi) is 2.63. The molecule has 1 aromatic carbocycles. The van der Waals surface area contributed by atoms with E-state index in [4.69, 9.17) is 5.73 Å². The van der Waals surface area contributed by atoms with Gasteiger partial charge < -0.3 is 5.73 Å². The summed E-state index contributed by atoms with van der Waals surface area (Å²) in [5.74, 6) is 0.0804. The molecular weight excluding hydrogens is 224 g/mol. The molecular formula is C15H16N2O. The molecule has 92 valence electrons. The Balaban J connectivity index is 2.12. The van der Waals surface area contributed by atoms with E-state index in [9.17, 15) is 4.79 Å². The van der Waals surface area contributed by atoms with E-state index >= 15 is 0 Å². The van der Waals surface area contributed by atoms with Gasteiger partial charge >= 0.3 is 0 Å². The van der Waals surface area contributed by atoms with Crippen LogP contribution in [0, 0.1) is 0 Å². The van der Waals surface area contributed by atoms with Gasteiger partial charge in [0.15, 0.2) is 5.78 Å². The van der Waals surface area contributed by atoms with Crippen molar-refractivity contribution in [1.82, 2.24) is 4.98 Å². The normalized spacial score (nSPS) is 18.1. The van der Waals surface area contributed by atoms with E-state index < -0.39 is 5.54 Å². The molecule has 0 bridgehead atoms. The molecule has 18 heavy (non-hydrogen) atoms. The number of hydrogen-bond donors (Lipinski definition) is 1. The third-order valence-corrected chi connectivity index (χ3v) is 3.87. The van der Waals surface area contributed by atoms with Crippen molar-refractivity contribution in [3.05, 3.63) is 42.2 Å². The molecule has 1 fully saturated rings. The maximum Gasteiger partial charge on any atom is 0.183 e. The number of Topliss-reactive ketones (excluding diaryl/α,β-unsaturated/α-hetero) is 1. The smallest absolute Gasteiger partial charge is 0.183 e. The number of rotatable bonds is 2. The number of carbonyl (C=O) groups is 1. The first kappa shape index (κ1) is 11.4. The monoisotopic (exact) mass is 240 g/mol. The molecule has 3 nitrogen and oxygen atoms in total. The van der Waals surface area contributed by atoms with Gasteiger partial charge in [-0.25, -0.2) is 0 Å². The summed E-state index contributed by atoms with van der Waals surface area (Å²) in [5, 5.41) is 1.94. The first-order valence-corrected chi connectivity index (χ1v) is 6.37. The predicted octanol–water partition coefficient (Wildman–Crippen LogP) is 2.69. The van der Waals surface area contributed by atoms with Gasteiger partial charge in [-0.05, 0) is 24.3 Å². The zero-order chi connectivity index (χ0) is 12.6. The molecule has 0 spiro atoms. The largest absolute Gasteiger partial charge is 0.319 e. The van der Waals surface area contributed by atoms with Crippen molar-refractivity contribution in [1.29, 1.82) is 0 Å². The Labute approximate surface area is 106 Å². The van der Waals surface area contributed by atoms with Crippen LogP contribution in [-0.2, 0) is 0 Å². The standard InChI is InChI=1S/C15H16N2O/c16-15(7-1-2-8-15)14(18)13-5-3-4-11-10-17-9-6-12(11)13/h3-6,9-10H,1-2,7-8,16H2. The van der Waals surface area contributed by atoms with Crippen molar-refractivity contribution >= 4 is 16.6 Å². The predicted molar refractivity (Wildman–Crippen MR) is 71.5 cm³/mol.